The molecule has 20 heavy (non-hydrogen) atoms. The molecule has 1 unspecified atom stereocenters. The number of aliphatic hydroxyl groups is 2. The van der Waals surface area contributed by atoms with Gasteiger partial charge in [-0.2, -0.15) is 0 Å². The molecule has 1 aromatic carbocycles. The number of aryl methyl sites for hydroxylation is 3. The van der Waals surface area contributed by atoms with E-state index in [2.05, 4.69) is 39.0 Å². The lowest BCUT2D eigenvalue weighted by Crippen LogP contribution is -2.10. The number of benzene rings is 1. The highest BCUT2D eigenvalue weighted by atomic mass is 16.5. The Balaban J connectivity index is 2.31. The lowest BCUT2D eigenvalue weighted by atomic mass is 10.1. The van der Waals surface area contributed by atoms with Gasteiger partial charge in [-0.15, -0.1) is 0 Å². The summed E-state index contributed by atoms with van der Waals surface area (Å²) in [4.78, 5) is 0. The van der Waals surface area contributed by atoms with Gasteiger partial charge >= 0.3 is 0 Å². The van der Waals surface area contributed by atoms with E-state index in [9.17, 15) is 5.11 Å². The lowest BCUT2D eigenvalue weighted by Gasteiger charge is -2.11. The molecule has 0 radical (unpaired) electrons. The van der Waals surface area contributed by atoms with Gasteiger partial charge in [-0.3, -0.25) is 0 Å². The van der Waals surface area contributed by atoms with Crippen LogP contribution < -0.4 is 4.74 Å². The lowest BCUT2D eigenvalue weighted by molar-refractivity contribution is 0.0868. The molecule has 112 valence electrons. The molecule has 0 heterocycles. The summed E-state index contributed by atoms with van der Waals surface area (Å²) in [5.74, 6) is 0.968. The smallest absolute Gasteiger partial charge is 0.125 e. The van der Waals surface area contributed by atoms with Gasteiger partial charge in [0.2, 0.25) is 0 Å². The highest BCUT2D eigenvalue weighted by Crippen LogP contribution is 2.24. The molecule has 0 aliphatic heterocycles. The van der Waals surface area contributed by atoms with E-state index in [1.54, 1.807) is 0 Å². The number of hydrogen-bond acceptors (Lipinski definition) is 3. The highest BCUT2D eigenvalue weighted by Gasteiger charge is 2.03. The average Bonchev–Trinajstić information content (AvgIpc) is 2.39. The zero-order valence-electron chi connectivity index (χ0n) is 12.7. The third-order valence-corrected chi connectivity index (χ3v) is 3.21. The minimum atomic E-state index is -0.586. The minimum Gasteiger partial charge on any atom is -0.489 e. The molecule has 3 heteroatoms. The van der Waals surface area contributed by atoms with Crippen LogP contribution >= 0.6 is 0 Å². The van der Waals surface area contributed by atoms with Crippen molar-refractivity contribution in [3.63, 3.8) is 0 Å². The van der Waals surface area contributed by atoms with Crippen LogP contribution in [0.25, 0.3) is 0 Å². The summed E-state index contributed by atoms with van der Waals surface area (Å²) in [7, 11) is 0. The third-order valence-electron chi connectivity index (χ3n) is 3.21. The van der Waals surface area contributed by atoms with Gasteiger partial charge in [0.15, 0.2) is 0 Å². The second-order valence-electron chi connectivity index (χ2n) is 5.28. The van der Waals surface area contributed by atoms with E-state index < -0.39 is 6.10 Å². The van der Waals surface area contributed by atoms with E-state index in [-0.39, 0.29) is 6.61 Å². The summed E-state index contributed by atoms with van der Waals surface area (Å²) in [5.41, 5.74) is 3.59. The van der Waals surface area contributed by atoms with Crippen molar-refractivity contribution in [1.29, 1.82) is 0 Å². The van der Waals surface area contributed by atoms with Crippen molar-refractivity contribution in [3.8, 4) is 5.75 Å². The molecule has 0 aliphatic rings. The van der Waals surface area contributed by atoms with Crippen molar-refractivity contribution in [2.24, 2.45) is 0 Å². The molecular formula is C17H26O3. The Morgan fingerprint density at radius 1 is 1.15 bits per heavy atom. The standard InChI is InChI=1S/C17H26O3/c1-13-10-14(2)17(15(3)11-13)20-9-7-5-4-6-8-16(19)12-18/h5,7,10-11,16,18-19H,4,6,8-9,12H2,1-3H3/b7-5+. The summed E-state index contributed by atoms with van der Waals surface area (Å²) in [6, 6.07) is 4.25. The number of hydrogen-bond donors (Lipinski definition) is 2. The first kappa shape index (κ1) is 16.7. The van der Waals surface area contributed by atoms with E-state index in [0.29, 0.717) is 13.0 Å². The Labute approximate surface area is 121 Å². The Bertz CT molecular complexity index is 415. The SMILES string of the molecule is Cc1cc(C)c(OC/C=C/CCCC(O)CO)c(C)c1. The summed E-state index contributed by atoms with van der Waals surface area (Å²) in [6.07, 6.45) is 5.88. The van der Waals surface area contributed by atoms with Crippen molar-refractivity contribution in [2.45, 2.75) is 46.1 Å². The summed E-state index contributed by atoms with van der Waals surface area (Å²) < 4.78 is 5.80. The Hall–Kier alpha value is -1.32. The number of ether oxygens (including phenoxy) is 1. The van der Waals surface area contributed by atoms with Crippen molar-refractivity contribution >= 4 is 0 Å². The van der Waals surface area contributed by atoms with E-state index in [1.807, 2.05) is 6.08 Å². The molecular weight excluding hydrogens is 252 g/mol. The second kappa shape index (κ2) is 8.77. The first-order valence-electron chi connectivity index (χ1n) is 7.19. The van der Waals surface area contributed by atoms with Gasteiger partial charge in [0, 0.05) is 0 Å². The fourth-order valence-corrected chi connectivity index (χ4v) is 2.27. The van der Waals surface area contributed by atoms with Crippen molar-refractivity contribution in [2.75, 3.05) is 13.2 Å². The fraction of sp³-hybridized carbons (Fsp3) is 0.529. The van der Waals surface area contributed by atoms with E-state index in [0.717, 1.165) is 18.6 Å². The molecule has 1 aromatic rings. The van der Waals surface area contributed by atoms with Crippen LogP contribution in [0, 0.1) is 20.8 Å². The first-order valence-corrected chi connectivity index (χ1v) is 7.19. The Kier molecular flexibility index (Phi) is 7.34. The van der Waals surface area contributed by atoms with Crippen LogP contribution in [0.3, 0.4) is 0 Å². The van der Waals surface area contributed by atoms with Gasteiger partial charge in [-0.1, -0.05) is 29.8 Å². The Morgan fingerprint density at radius 3 is 2.40 bits per heavy atom. The Morgan fingerprint density at radius 2 is 1.80 bits per heavy atom. The highest BCUT2D eigenvalue weighted by molar-refractivity contribution is 5.43. The predicted molar refractivity (Wildman–Crippen MR) is 82.2 cm³/mol. The monoisotopic (exact) mass is 278 g/mol. The molecule has 1 rings (SSSR count). The molecule has 3 nitrogen and oxygen atoms in total. The summed E-state index contributed by atoms with van der Waals surface area (Å²) in [5, 5.41) is 17.9. The van der Waals surface area contributed by atoms with E-state index >= 15 is 0 Å². The zero-order chi connectivity index (χ0) is 15.0. The minimum absolute atomic E-state index is 0.154. The molecule has 0 saturated carbocycles. The van der Waals surface area contributed by atoms with Gasteiger partial charge in [-0.25, -0.2) is 0 Å². The van der Waals surface area contributed by atoms with Crippen molar-refractivity contribution < 1.29 is 14.9 Å². The molecule has 0 aliphatic carbocycles. The van der Waals surface area contributed by atoms with Crippen LogP contribution in [0.4, 0.5) is 0 Å². The van der Waals surface area contributed by atoms with Crippen LogP contribution in [0.5, 0.6) is 5.75 Å². The summed E-state index contributed by atoms with van der Waals surface area (Å²) >= 11 is 0. The van der Waals surface area contributed by atoms with Crippen LogP contribution in [-0.2, 0) is 0 Å². The predicted octanol–water partition coefficient (Wildman–Crippen LogP) is 3.07. The molecule has 2 N–H and O–H groups in total. The first-order chi connectivity index (χ1) is 9.54. The normalized spacial score (nSPS) is 12.8. The maximum atomic E-state index is 9.19. The summed E-state index contributed by atoms with van der Waals surface area (Å²) in [6.45, 7) is 6.63. The van der Waals surface area contributed by atoms with Crippen LogP contribution in [0.15, 0.2) is 24.3 Å². The van der Waals surface area contributed by atoms with Gasteiger partial charge in [0.1, 0.15) is 12.4 Å². The molecule has 0 amide bonds. The topological polar surface area (TPSA) is 49.7 Å². The molecule has 1 atom stereocenters. The maximum absolute atomic E-state index is 9.19. The van der Waals surface area contributed by atoms with Crippen molar-refractivity contribution in [1.82, 2.24) is 0 Å². The number of rotatable bonds is 8. The number of unbranched alkanes of at least 4 members (excludes halogenated alkanes) is 1. The molecule has 0 bridgehead atoms. The third kappa shape index (κ3) is 5.76. The zero-order valence-corrected chi connectivity index (χ0v) is 12.7. The number of allylic oxidation sites excluding steroid dienone is 1. The van der Waals surface area contributed by atoms with Crippen LogP contribution in [0.1, 0.15) is 36.0 Å². The quantitative estimate of drug-likeness (QED) is 0.567. The maximum Gasteiger partial charge on any atom is 0.125 e. The van der Waals surface area contributed by atoms with Gasteiger partial charge in [-0.05, 0) is 51.2 Å². The van der Waals surface area contributed by atoms with Gasteiger partial charge in [0.05, 0.1) is 12.7 Å². The van der Waals surface area contributed by atoms with Crippen molar-refractivity contribution in [3.05, 3.63) is 41.0 Å². The largest absolute Gasteiger partial charge is 0.489 e. The van der Waals surface area contributed by atoms with Crippen LogP contribution in [0.2, 0.25) is 0 Å². The second-order valence-corrected chi connectivity index (χ2v) is 5.28. The fourth-order valence-electron chi connectivity index (χ4n) is 2.27. The van der Waals surface area contributed by atoms with E-state index in [4.69, 9.17) is 9.84 Å². The molecule has 0 saturated heterocycles. The van der Waals surface area contributed by atoms with Crippen LogP contribution in [-0.4, -0.2) is 29.5 Å². The molecule has 0 aromatic heterocycles. The average molecular weight is 278 g/mol. The molecule has 0 fully saturated rings. The molecule has 0 spiro atoms. The number of aliphatic hydroxyl groups excluding tert-OH is 2. The van der Waals surface area contributed by atoms with E-state index in [1.165, 1.54) is 16.7 Å². The van der Waals surface area contributed by atoms with Gasteiger partial charge < -0.3 is 14.9 Å². The van der Waals surface area contributed by atoms with Gasteiger partial charge in [0.25, 0.3) is 0 Å².